The Morgan fingerprint density at radius 1 is 1.09 bits per heavy atom. The number of rotatable bonds is 4. The molecule has 2 aromatic carbocycles. The molecule has 0 N–H and O–H groups in total. The summed E-state index contributed by atoms with van der Waals surface area (Å²) < 4.78 is 1.92. The molecule has 33 heavy (non-hydrogen) atoms. The van der Waals surface area contributed by atoms with Crippen LogP contribution >= 0.6 is 23.2 Å². The standard InChI is InChI=1S/C27H28Cl2N4/c1-18(23-10-8-21(28)16-25(23)29)33-27-15-20(7-9-24(27)26(17-30)31-33)19-11-13-32(14-12-19)22-5-3-2-4-6-22/h7-11,15-16,18,22H,2-6,12-14H2,1H3. The lowest BCUT2D eigenvalue weighted by Crippen LogP contribution is -2.39. The van der Waals surface area contributed by atoms with Gasteiger partial charge >= 0.3 is 0 Å². The van der Waals surface area contributed by atoms with Gasteiger partial charge in [0, 0.05) is 34.6 Å². The van der Waals surface area contributed by atoms with Crippen LogP contribution in [0, 0.1) is 11.3 Å². The molecule has 2 aliphatic rings. The molecule has 6 heteroatoms. The van der Waals surface area contributed by atoms with Crippen molar-refractivity contribution >= 4 is 39.7 Å². The van der Waals surface area contributed by atoms with E-state index in [1.807, 2.05) is 22.9 Å². The Morgan fingerprint density at radius 2 is 1.91 bits per heavy atom. The monoisotopic (exact) mass is 478 g/mol. The van der Waals surface area contributed by atoms with E-state index < -0.39 is 0 Å². The minimum atomic E-state index is -0.128. The molecule has 2 heterocycles. The second-order valence-electron chi connectivity index (χ2n) is 9.24. The van der Waals surface area contributed by atoms with Crippen molar-refractivity contribution in [2.24, 2.45) is 0 Å². The summed E-state index contributed by atoms with van der Waals surface area (Å²) >= 11 is 12.6. The second-order valence-corrected chi connectivity index (χ2v) is 10.1. The number of benzene rings is 2. The van der Waals surface area contributed by atoms with Crippen LogP contribution < -0.4 is 0 Å². The summed E-state index contributed by atoms with van der Waals surface area (Å²) in [5.74, 6) is 0. The van der Waals surface area contributed by atoms with E-state index in [9.17, 15) is 5.26 Å². The zero-order valence-corrected chi connectivity index (χ0v) is 20.4. The molecule has 0 amide bonds. The van der Waals surface area contributed by atoms with Gasteiger partial charge in [-0.1, -0.05) is 60.7 Å². The quantitative estimate of drug-likeness (QED) is 0.396. The van der Waals surface area contributed by atoms with Gasteiger partial charge < -0.3 is 0 Å². The van der Waals surface area contributed by atoms with Crippen molar-refractivity contribution in [1.29, 1.82) is 5.26 Å². The molecule has 5 rings (SSSR count). The third kappa shape index (κ3) is 4.43. The van der Waals surface area contributed by atoms with Crippen molar-refractivity contribution in [2.45, 2.75) is 57.5 Å². The van der Waals surface area contributed by atoms with Crippen LogP contribution in [0.15, 0.2) is 42.5 Å². The van der Waals surface area contributed by atoms with Gasteiger partial charge in [0.05, 0.1) is 11.6 Å². The normalized spacial score (nSPS) is 18.8. The molecule has 170 valence electrons. The first-order chi connectivity index (χ1) is 16.0. The van der Waals surface area contributed by atoms with E-state index in [4.69, 9.17) is 23.2 Å². The van der Waals surface area contributed by atoms with Crippen LogP contribution in [0.4, 0.5) is 0 Å². The van der Waals surface area contributed by atoms with E-state index in [2.05, 4.69) is 41.2 Å². The largest absolute Gasteiger partial charge is 0.296 e. The molecule has 1 saturated carbocycles. The second kappa shape index (κ2) is 9.50. The van der Waals surface area contributed by atoms with Crippen molar-refractivity contribution in [3.05, 3.63) is 69.3 Å². The lowest BCUT2D eigenvalue weighted by molar-refractivity contribution is 0.171. The van der Waals surface area contributed by atoms with E-state index in [-0.39, 0.29) is 6.04 Å². The van der Waals surface area contributed by atoms with Crippen LogP contribution in [-0.4, -0.2) is 33.8 Å². The van der Waals surface area contributed by atoms with Gasteiger partial charge in [-0.25, -0.2) is 0 Å². The average molecular weight is 479 g/mol. The summed E-state index contributed by atoms with van der Waals surface area (Å²) in [5, 5.41) is 16.4. The Hall–Kier alpha value is -2.32. The predicted molar refractivity (Wildman–Crippen MR) is 136 cm³/mol. The first kappa shape index (κ1) is 22.5. The van der Waals surface area contributed by atoms with Gasteiger partial charge in [-0.05, 0) is 67.2 Å². The third-order valence-corrected chi connectivity index (χ3v) is 7.86. The van der Waals surface area contributed by atoms with E-state index in [1.54, 1.807) is 6.07 Å². The lowest BCUT2D eigenvalue weighted by Gasteiger charge is -2.36. The third-order valence-electron chi connectivity index (χ3n) is 7.30. The average Bonchev–Trinajstić information content (AvgIpc) is 3.22. The van der Waals surface area contributed by atoms with E-state index in [1.165, 1.54) is 43.2 Å². The molecule has 0 spiro atoms. The maximum atomic E-state index is 9.68. The molecule has 4 nitrogen and oxygen atoms in total. The van der Waals surface area contributed by atoms with Crippen LogP contribution in [0.1, 0.15) is 68.3 Å². The van der Waals surface area contributed by atoms with E-state index in [0.29, 0.717) is 15.7 Å². The highest BCUT2D eigenvalue weighted by atomic mass is 35.5. The minimum Gasteiger partial charge on any atom is -0.296 e. The number of halogens is 2. The highest BCUT2D eigenvalue weighted by molar-refractivity contribution is 6.35. The number of nitrogens with zero attached hydrogens (tertiary/aromatic N) is 4. The molecular formula is C27H28Cl2N4. The molecule has 1 aliphatic carbocycles. The van der Waals surface area contributed by atoms with Crippen LogP contribution in [0.25, 0.3) is 16.5 Å². The highest BCUT2D eigenvalue weighted by Crippen LogP contribution is 2.34. The maximum Gasteiger partial charge on any atom is 0.170 e. The van der Waals surface area contributed by atoms with E-state index >= 15 is 0 Å². The van der Waals surface area contributed by atoms with Crippen LogP contribution in [-0.2, 0) is 0 Å². The molecule has 1 aromatic heterocycles. The minimum absolute atomic E-state index is 0.128. The van der Waals surface area contributed by atoms with Gasteiger partial charge in [-0.15, -0.1) is 0 Å². The zero-order valence-electron chi connectivity index (χ0n) is 18.9. The molecule has 1 aliphatic heterocycles. The molecule has 0 bridgehead atoms. The number of hydrogen-bond donors (Lipinski definition) is 0. The fourth-order valence-electron chi connectivity index (χ4n) is 5.41. The van der Waals surface area contributed by atoms with E-state index in [0.717, 1.165) is 42.0 Å². The van der Waals surface area contributed by atoms with Gasteiger partial charge in [0.1, 0.15) is 6.07 Å². The number of nitriles is 1. The Morgan fingerprint density at radius 3 is 2.61 bits per heavy atom. The SMILES string of the molecule is CC(c1ccc(Cl)cc1Cl)n1nc(C#N)c2ccc(C3=CCN(C4CCCCC4)CC3)cc21. The van der Waals surface area contributed by atoms with Crippen LogP contribution in [0.5, 0.6) is 0 Å². The Bertz CT molecular complexity index is 1250. The van der Waals surface area contributed by atoms with Crippen molar-refractivity contribution in [1.82, 2.24) is 14.7 Å². The summed E-state index contributed by atoms with van der Waals surface area (Å²) in [6, 6.07) is 14.8. The molecular weight excluding hydrogens is 451 g/mol. The van der Waals surface area contributed by atoms with Crippen molar-refractivity contribution < 1.29 is 0 Å². The van der Waals surface area contributed by atoms with Crippen molar-refractivity contribution in [3.8, 4) is 6.07 Å². The highest BCUT2D eigenvalue weighted by Gasteiger charge is 2.24. The topological polar surface area (TPSA) is 44.9 Å². The van der Waals surface area contributed by atoms with Gasteiger partial charge in [0.25, 0.3) is 0 Å². The summed E-state index contributed by atoms with van der Waals surface area (Å²) in [6.45, 7) is 4.20. The van der Waals surface area contributed by atoms with Crippen molar-refractivity contribution in [3.63, 3.8) is 0 Å². The van der Waals surface area contributed by atoms with Gasteiger partial charge in [0.2, 0.25) is 0 Å². The van der Waals surface area contributed by atoms with Crippen LogP contribution in [0.3, 0.4) is 0 Å². The molecule has 0 saturated heterocycles. The summed E-state index contributed by atoms with van der Waals surface area (Å²) in [7, 11) is 0. The fourth-order valence-corrected chi connectivity index (χ4v) is 5.98. The number of hydrogen-bond acceptors (Lipinski definition) is 3. The summed E-state index contributed by atoms with van der Waals surface area (Å²) in [6.07, 6.45) is 10.3. The number of fused-ring (bicyclic) bond motifs is 1. The smallest absolute Gasteiger partial charge is 0.170 e. The van der Waals surface area contributed by atoms with Crippen LogP contribution in [0.2, 0.25) is 10.0 Å². The Kier molecular flexibility index (Phi) is 6.47. The maximum absolute atomic E-state index is 9.68. The fraction of sp³-hybridized carbons (Fsp3) is 0.407. The molecule has 1 fully saturated rings. The predicted octanol–water partition coefficient (Wildman–Crippen LogP) is 7.25. The molecule has 0 radical (unpaired) electrons. The number of aromatic nitrogens is 2. The Balaban J connectivity index is 1.47. The summed E-state index contributed by atoms with van der Waals surface area (Å²) in [5.41, 5.74) is 4.92. The Labute approximate surface area is 205 Å². The molecule has 1 unspecified atom stereocenters. The first-order valence-corrected chi connectivity index (χ1v) is 12.6. The molecule has 1 atom stereocenters. The first-order valence-electron chi connectivity index (χ1n) is 11.9. The van der Waals surface area contributed by atoms with Gasteiger partial charge in [0.15, 0.2) is 5.69 Å². The van der Waals surface area contributed by atoms with Gasteiger partial charge in [-0.2, -0.15) is 10.4 Å². The van der Waals surface area contributed by atoms with Crippen molar-refractivity contribution in [2.75, 3.05) is 13.1 Å². The van der Waals surface area contributed by atoms with Gasteiger partial charge in [-0.3, -0.25) is 9.58 Å². The lowest BCUT2D eigenvalue weighted by atomic mass is 9.91. The zero-order chi connectivity index (χ0) is 22.9. The summed E-state index contributed by atoms with van der Waals surface area (Å²) in [4.78, 5) is 2.66. The molecule has 3 aromatic rings.